The quantitative estimate of drug-likeness (QED) is 0.0191. The van der Waals surface area contributed by atoms with Crippen molar-refractivity contribution >= 4 is 19.8 Å². The van der Waals surface area contributed by atoms with E-state index in [0.717, 1.165) is 38.5 Å². The first-order valence-electron chi connectivity index (χ1n) is 29.3. The van der Waals surface area contributed by atoms with Crippen LogP contribution in [-0.2, 0) is 32.7 Å². The van der Waals surface area contributed by atoms with Gasteiger partial charge in [0, 0.05) is 12.8 Å². The van der Waals surface area contributed by atoms with Crippen LogP contribution < -0.4 is 0 Å². The molecule has 1 aliphatic carbocycles. The van der Waals surface area contributed by atoms with Gasteiger partial charge in [0.2, 0.25) is 0 Å². The number of phosphoric acid groups is 1. The Balaban J connectivity index is 2.30. The first-order valence-corrected chi connectivity index (χ1v) is 30.8. The molecule has 0 heterocycles. The van der Waals surface area contributed by atoms with Crippen molar-refractivity contribution in [1.29, 1.82) is 0 Å². The maximum Gasteiger partial charge on any atom is 0.472 e. The second-order valence-electron chi connectivity index (χ2n) is 20.9. The zero-order chi connectivity index (χ0) is 51.3. The average molecular weight is 1020 g/mol. The van der Waals surface area contributed by atoms with Gasteiger partial charge in [0.1, 0.15) is 43.2 Å². The van der Waals surface area contributed by atoms with Gasteiger partial charge in [0.15, 0.2) is 6.10 Å². The summed E-state index contributed by atoms with van der Waals surface area (Å²) in [5, 5.41) is 50.4. The number of ether oxygens (including phenoxy) is 2. The van der Waals surface area contributed by atoms with Crippen molar-refractivity contribution in [2.45, 2.75) is 333 Å². The van der Waals surface area contributed by atoms with E-state index in [9.17, 15) is 44.6 Å². The predicted octanol–water partition coefficient (Wildman–Crippen LogP) is 13.6. The summed E-state index contributed by atoms with van der Waals surface area (Å²) in [6, 6.07) is 0. The molecule has 0 bridgehead atoms. The van der Waals surface area contributed by atoms with Crippen molar-refractivity contribution in [1.82, 2.24) is 0 Å². The van der Waals surface area contributed by atoms with Crippen LogP contribution in [-0.4, -0.2) is 98.3 Å². The Hall–Kier alpha value is -1.15. The molecule has 416 valence electrons. The van der Waals surface area contributed by atoms with E-state index < -0.39 is 75.7 Å². The molecule has 14 heteroatoms. The number of rotatable bonds is 51. The van der Waals surface area contributed by atoms with Gasteiger partial charge in [0.25, 0.3) is 0 Å². The van der Waals surface area contributed by atoms with Crippen LogP contribution >= 0.6 is 7.82 Å². The number of esters is 2. The average Bonchev–Trinajstić information content (AvgIpc) is 3.34. The number of carbonyl (C=O) groups excluding carboxylic acids is 2. The molecule has 6 unspecified atom stereocenters. The number of unbranched alkanes of at least 4 members (excludes halogenated alkanes) is 39. The lowest BCUT2D eigenvalue weighted by atomic mass is 9.85. The zero-order valence-corrected chi connectivity index (χ0v) is 45.7. The standard InChI is InChI=1S/C56H109O13P/c1-3-5-7-9-11-13-15-17-19-21-23-24-25-26-27-29-30-32-34-36-38-40-42-44-49(57)66-46-48(47-67-70(64,65)69-56-54(62)52(60)51(59)53(61)55(56)63)68-50(58)45-43-41-39-37-35-33-31-28-22-20-18-16-14-12-10-8-6-4-2/h48,51-56,59-63H,3-47H2,1-2H3,(H,64,65)/t48-,51?,52-,53?,54?,55?,56?/m0/s1. The van der Waals surface area contributed by atoms with E-state index >= 15 is 0 Å². The van der Waals surface area contributed by atoms with Crippen LogP contribution in [0.25, 0.3) is 0 Å². The van der Waals surface area contributed by atoms with Crippen LogP contribution in [0, 0.1) is 0 Å². The lowest BCUT2D eigenvalue weighted by Gasteiger charge is -2.41. The van der Waals surface area contributed by atoms with Crippen LogP contribution in [0.4, 0.5) is 0 Å². The molecule has 1 fully saturated rings. The highest BCUT2D eigenvalue weighted by Crippen LogP contribution is 2.47. The third-order valence-corrected chi connectivity index (χ3v) is 15.2. The molecule has 0 spiro atoms. The van der Waals surface area contributed by atoms with Crippen molar-refractivity contribution < 1.29 is 63.1 Å². The molecule has 13 nitrogen and oxygen atoms in total. The number of hydrogen-bond donors (Lipinski definition) is 6. The molecule has 0 radical (unpaired) electrons. The minimum atomic E-state index is -5.12. The van der Waals surface area contributed by atoms with Gasteiger partial charge in [0.05, 0.1) is 6.61 Å². The normalized spacial score (nSPS) is 20.6. The molecule has 1 aliphatic rings. The highest BCUT2D eigenvalue weighted by atomic mass is 31.2. The predicted molar refractivity (Wildman–Crippen MR) is 281 cm³/mol. The first kappa shape index (κ1) is 66.9. The summed E-state index contributed by atoms with van der Waals surface area (Å²) in [6.45, 7) is 3.38. The Bertz CT molecular complexity index is 1230. The molecule has 1 rings (SSSR count). The van der Waals surface area contributed by atoms with Gasteiger partial charge in [-0.1, -0.05) is 264 Å². The molecule has 0 aromatic heterocycles. The minimum Gasteiger partial charge on any atom is -0.462 e. The molecule has 8 atom stereocenters. The molecule has 1 saturated carbocycles. The molecular formula is C56H109O13P. The fourth-order valence-electron chi connectivity index (χ4n) is 9.53. The Morgan fingerprint density at radius 1 is 0.386 bits per heavy atom. The summed E-state index contributed by atoms with van der Waals surface area (Å²) >= 11 is 0. The van der Waals surface area contributed by atoms with Crippen molar-refractivity contribution in [2.75, 3.05) is 13.2 Å². The fourth-order valence-corrected chi connectivity index (χ4v) is 10.5. The summed E-state index contributed by atoms with van der Waals surface area (Å²) in [5.74, 6) is -1.07. The third-order valence-electron chi connectivity index (χ3n) is 14.2. The summed E-state index contributed by atoms with van der Waals surface area (Å²) < 4.78 is 33.8. The molecule has 0 saturated heterocycles. The van der Waals surface area contributed by atoms with Gasteiger partial charge in [-0.15, -0.1) is 0 Å². The van der Waals surface area contributed by atoms with E-state index in [1.54, 1.807) is 0 Å². The highest BCUT2D eigenvalue weighted by molar-refractivity contribution is 7.47. The number of aliphatic hydroxyl groups excluding tert-OH is 5. The van der Waals surface area contributed by atoms with Crippen LogP contribution in [0.2, 0.25) is 0 Å². The second kappa shape index (κ2) is 46.4. The van der Waals surface area contributed by atoms with Gasteiger partial charge in [-0.25, -0.2) is 4.57 Å². The Morgan fingerprint density at radius 2 is 0.643 bits per heavy atom. The molecule has 70 heavy (non-hydrogen) atoms. The topological polar surface area (TPSA) is 210 Å². The monoisotopic (exact) mass is 1020 g/mol. The Labute approximate surface area is 427 Å². The molecule has 0 aromatic rings. The van der Waals surface area contributed by atoms with Crippen molar-refractivity contribution in [3.8, 4) is 0 Å². The summed E-state index contributed by atoms with van der Waals surface area (Å²) in [5.41, 5.74) is 0. The van der Waals surface area contributed by atoms with Gasteiger partial charge in [-0.3, -0.25) is 18.6 Å². The fraction of sp³-hybridized carbons (Fsp3) is 0.964. The second-order valence-corrected chi connectivity index (χ2v) is 22.3. The van der Waals surface area contributed by atoms with Gasteiger partial charge in [-0.2, -0.15) is 0 Å². The van der Waals surface area contributed by atoms with Crippen molar-refractivity contribution in [3.05, 3.63) is 0 Å². The van der Waals surface area contributed by atoms with Crippen LogP contribution in [0.3, 0.4) is 0 Å². The van der Waals surface area contributed by atoms with E-state index in [4.69, 9.17) is 18.5 Å². The number of hydrogen-bond acceptors (Lipinski definition) is 12. The summed E-state index contributed by atoms with van der Waals surface area (Å²) in [7, 11) is -5.12. The smallest absolute Gasteiger partial charge is 0.462 e. The van der Waals surface area contributed by atoms with E-state index in [1.165, 1.54) is 212 Å². The largest absolute Gasteiger partial charge is 0.472 e. The van der Waals surface area contributed by atoms with Gasteiger partial charge < -0.3 is 39.9 Å². The number of phosphoric ester groups is 1. The molecular weight excluding hydrogens is 912 g/mol. The van der Waals surface area contributed by atoms with Crippen LogP contribution in [0.5, 0.6) is 0 Å². The highest BCUT2D eigenvalue weighted by Gasteiger charge is 2.51. The van der Waals surface area contributed by atoms with Crippen molar-refractivity contribution in [2.24, 2.45) is 0 Å². The maximum atomic E-state index is 12.9. The molecule has 0 amide bonds. The molecule has 0 aromatic carbocycles. The van der Waals surface area contributed by atoms with Crippen molar-refractivity contribution in [3.63, 3.8) is 0 Å². The third kappa shape index (κ3) is 37.6. The zero-order valence-electron chi connectivity index (χ0n) is 44.8. The van der Waals surface area contributed by atoms with Crippen LogP contribution in [0.1, 0.15) is 290 Å². The van der Waals surface area contributed by atoms with Crippen LogP contribution in [0.15, 0.2) is 0 Å². The minimum absolute atomic E-state index is 0.106. The lowest BCUT2D eigenvalue weighted by Crippen LogP contribution is -2.64. The Morgan fingerprint density at radius 3 is 0.943 bits per heavy atom. The van der Waals surface area contributed by atoms with E-state index in [0.29, 0.717) is 12.8 Å². The SMILES string of the molecule is CCCCCCCCCCCCCCCCCCCCCCCCCC(=O)OC[C@@H](COP(=O)(O)OC1C(O)C(O)C(O)[C@H](O)C1O)OC(=O)CCCCCCCCCCCCCCCCCCCC. The first-order chi connectivity index (χ1) is 33.9. The summed E-state index contributed by atoms with van der Waals surface area (Å²) in [6.07, 6.45) is 38.7. The number of carbonyl (C=O) groups is 2. The van der Waals surface area contributed by atoms with E-state index in [2.05, 4.69) is 13.8 Å². The lowest BCUT2D eigenvalue weighted by molar-refractivity contribution is -0.220. The number of aliphatic hydroxyl groups is 5. The molecule has 0 aliphatic heterocycles. The molecule has 6 N–H and O–H groups in total. The van der Waals surface area contributed by atoms with Gasteiger partial charge >= 0.3 is 19.8 Å². The van der Waals surface area contributed by atoms with E-state index in [1.807, 2.05) is 0 Å². The van der Waals surface area contributed by atoms with Gasteiger partial charge in [-0.05, 0) is 12.8 Å². The maximum absolute atomic E-state index is 12.9. The Kier molecular flexibility index (Phi) is 44.3. The summed E-state index contributed by atoms with van der Waals surface area (Å²) in [4.78, 5) is 36.0. The van der Waals surface area contributed by atoms with E-state index in [-0.39, 0.29) is 12.8 Å².